The third kappa shape index (κ3) is 2.27. The van der Waals surface area contributed by atoms with Crippen LogP contribution in [-0.2, 0) is 4.74 Å². The Balaban J connectivity index is 1.94. The van der Waals surface area contributed by atoms with E-state index in [9.17, 15) is 10.4 Å². The minimum absolute atomic E-state index is 0.566. The summed E-state index contributed by atoms with van der Waals surface area (Å²) in [6, 6.07) is 10.4. The van der Waals surface area contributed by atoms with Crippen LogP contribution < -0.4 is 0 Å². The summed E-state index contributed by atoms with van der Waals surface area (Å²) in [7, 11) is 0. The molecule has 1 N–H and O–H groups in total. The van der Waals surface area contributed by atoms with Gasteiger partial charge < -0.3 is 9.84 Å². The topological polar surface area (TPSA) is 53.2 Å². The molecule has 2 fully saturated rings. The smallest absolute Gasteiger partial charge is 0.0980 e. The van der Waals surface area contributed by atoms with Gasteiger partial charge in [-0.2, -0.15) is 5.26 Å². The standard InChI is InChI=1S/C16H19NO2/c17-11-16(7-9-19-10-8-16)15(18)14-4-2-1-3-13(14)12-5-6-12/h1-4,12,15,18H,5-10H2. The normalized spacial score (nSPS) is 23.6. The Morgan fingerprint density at radius 3 is 2.58 bits per heavy atom. The molecule has 0 spiro atoms. The van der Waals surface area contributed by atoms with Crippen LogP contribution in [0.2, 0.25) is 0 Å². The SMILES string of the molecule is N#CC1(C(O)c2ccccc2C2CC2)CCOCC1. The quantitative estimate of drug-likeness (QED) is 0.905. The molecule has 19 heavy (non-hydrogen) atoms. The van der Waals surface area contributed by atoms with E-state index in [0.29, 0.717) is 32.0 Å². The number of hydrogen-bond donors (Lipinski definition) is 1. The van der Waals surface area contributed by atoms with Crippen molar-refractivity contribution in [3.05, 3.63) is 35.4 Å². The molecular weight excluding hydrogens is 238 g/mol. The molecule has 1 saturated carbocycles. The molecule has 3 nitrogen and oxygen atoms in total. The summed E-state index contributed by atoms with van der Waals surface area (Å²) in [6.07, 6.45) is 2.93. The predicted molar refractivity (Wildman–Crippen MR) is 71.5 cm³/mol. The largest absolute Gasteiger partial charge is 0.387 e. The maximum absolute atomic E-state index is 10.8. The van der Waals surface area contributed by atoms with Gasteiger partial charge in [0.05, 0.1) is 17.6 Å². The molecule has 3 heteroatoms. The minimum Gasteiger partial charge on any atom is -0.387 e. The van der Waals surface area contributed by atoms with E-state index >= 15 is 0 Å². The summed E-state index contributed by atoms with van der Waals surface area (Å²) in [4.78, 5) is 0. The average Bonchev–Trinajstić information content (AvgIpc) is 3.32. The van der Waals surface area contributed by atoms with Crippen LogP contribution in [-0.4, -0.2) is 18.3 Å². The van der Waals surface area contributed by atoms with Crippen molar-refractivity contribution in [2.45, 2.75) is 37.7 Å². The van der Waals surface area contributed by atoms with Crippen LogP contribution in [0, 0.1) is 16.7 Å². The van der Waals surface area contributed by atoms with E-state index < -0.39 is 11.5 Å². The van der Waals surface area contributed by atoms with Gasteiger partial charge in [0.15, 0.2) is 0 Å². The maximum atomic E-state index is 10.8. The predicted octanol–water partition coefficient (Wildman–Crippen LogP) is 2.92. The molecular formula is C16H19NO2. The summed E-state index contributed by atoms with van der Waals surface area (Å²) in [5.74, 6) is 0.585. The molecule has 2 aliphatic rings. The summed E-state index contributed by atoms with van der Waals surface area (Å²) >= 11 is 0. The minimum atomic E-state index is -0.696. The Kier molecular flexibility index (Phi) is 3.30. The number of nitrogens with zero attached hydrogens (tertiary/aromatic N) is 1. The summed E-state index contributed by atoms with van der Waals surface area (Å²) < 4.78 is 5.34. The summed E-state index contributed by atoms with van der Waals surface area (Å²) in [5.41, 5.74) is 1.51. The Morgan fingerprint density at radius 2 is 1.95 bits per heavy atom. The maximum Gasteiger partial charge on any atom is 0.0980 e. The van der Waals surface area contributed by atoms with E-state index in [1.54, 1.807) is 0 Å². The van der Waals surface area contributed by atoms with Crippen LogP contribution in [0.4, 0.5) is 0 Å². The lowest BCUT2D eigenvalue weighted by atomic mass is 9.73. The van der Waals surface area contributed by atoms with Crippen molar-refractivity contribution < 1.29 is 9.84 Å². The highest BCUT2D eigenvalue weighted by atomic mass is 16.5. The first-order chi connectivity index (χ1) is 9.27. The first kappa shape index (κ1) is 12.7. The van der Waals surface area contributed by atoms with Gasteiger partial charge in [0.25, 0.3) is 0 Å². The second-order valence-electron chi connectivity index (χ2n) is 5.69. The lowest BCUT2D eigenvalue weighted by Gasteiger charge is -2.35. The first-order valence-corrected chi connectivity index (χ1v) is 7.03. The van der Waals surface area contributed by atoms with Crippen LogP contribution >= 0.6 is 0 Å². The summed E-state index contributed by atoms with van der Waals surface area (Å²) in [5, 5.41) is 20.3. The van der Waals surface area contributed by atoms with Gasteiger partial charge in [-0.1, -0.05) is 24.3 Å². The molecule has 1 heterocycles. The Hall–Kier alpha value is -1.37. The van der Waals surface area contributed by atoms with E-state index in [0.717, 1.165) is 5.56 Å². The fraction of sp³-hybridized carbons (Fsp3) is 0.562. The Morgan fingerprint density at radius 1 is 1.26 bits per heavy atom. The van der Waals surface area contributed by atoms with E-state index in [1.165, 1.54) is 18.4 Å². The van der Waals surface area contributed by atoms with Gasteiger partial charge in [-0.25, -0.2) is 0 Å². The van der Waals surface area contributed by atoms with Crippen molar-refractivity contribution in [2.24, 2.45) is 5.41 Å². The van der Waals surface area contributed by atoms with Crippen LogP contribution in [0.5, 0.6) is 0 Å². The molecule has 1 aromatic rings. The third-order valence-electron chi connectivity index (χ3n) is 4.44. The van der Waals surface area contributed by atoms with Crippen molar-refractivity contribution in [3.8, 4) is 6.07 Å². The molecule has 100 valence electrons. The van der Waals surface area contributed by atoms with Crippen LogP contribution in [0.25, 0.3) is 0 Å². The third-order valence-corrected chi connectivity index (χ3v) is 4.44. The van der Waals surface area contributed by atoms with Crippen LogP contribution in [0.1, 0.15) is 48.8 Å². The van der Waals surface area contributed by atoms with Gasteiger partial charge in [-0.3, -0.25) is 0 Å². The van der Waals surface area contributed by atoms with Crippen LogP contribution in [0.3, 0.4) is 0 Å². The van der Waals surface area contributed by atoms with Crippen molar-refractivity contribution in [1.82, 2.24) is 0 Å². The van der Waals surface area contributed by atoms with Gasteiger partial charge >= 0.3 is 0 Å². The molecule has 0 bridgehead atoms. The van der Waals surface area contributed by atoms with Crippen molar-refractivity contribution in [2.75, 3.05) is 13.2 Å². The molecule has 1 aliphatic heterocycles. The highest BCUT2D eigenvalue weighted by Crippen LogP contribution is 2.48. The first-order valence-electron chi connectivity index (χ1n) is 7.03. The molecule has 1 unspecified atom stereocenters. The lowest BCUT2D eigenvalue weighted by Crippen LogP contribution is -2.34. The highest BCUT2D eigenvalue weighted by molar-refractivity contribution is 5.37. The fourth-order valence-corrected chi connectivity index (χ4v) is 3.01. The molecule has 1 aliphatic carbocycles. The molecule has 1 atom stereocenters. The average molecular weight is 257 g/mol. The van der Waals surface area contributed by atoms with Gasteiger partial charge in [-0.05, 0) is 42.7 Å². The van der Waals surface area contributed by atoms with Crippen molar-refractivity contribution in [1.29, 1.82) is 5.26 Å². The zero-order chi connectivity index (χ0) is 13.3. The molecule has 0 aromatic heterocycles. The van der Waals surface area contributed by atoms with Crippen molar-refractivity contribution in [3.63, 3.8) is 0 Å². The number of aliphatic hydroxyl groups excluding tert-OH is 1. The van der Waals surface area contributed by atoms with Crippen LogP contribution in [0.15, 0.2) is 24.3 Å². The second kappa shape index (κ2) is 4.96. The molecule has 1 aromatic carbocycles. The summed E-state index contributed by atoms with van der Waals surface area (Å²) in [6.45, 7) is 1.13. The Labute approximate surface area is 113 Å². The van der Waals surface area contributed by atoms with E-state index in [-0.39, 0.29) is 0 Å². The second-order valence-corrected chi connectivity index (χ2v) is 5.69. The number of hydrogen-bond acceptors (Lipinski definition) is 3. The van der Waals surface area contributed by atoms with Crippen molar-refractivity contribution >= 4 is 0 Å². The zero-order valence-electron chi connectivity index (χ0n) is 11.0. The lowest BCUT2D eigenvalue weighted by molar-refractivity contribution is -0.0313. The number of nitriles is 1. The van der Waals surface area contributed by atoms with E-state index in [2.05, 4.69) is 12.1 Å². The molecule has 1 saturated heterocycles. The molecule has 0 amide bonds. The highest BCUT2D eigenvalue weighted by Gasteiger charge is 2.42. The number of ether oxygens (including phenoxy) is 1. The number of rotatable bonds is 3. The van der Waals surface area contributed by atoms with Gasteiger partial charge in [0, 0.05) is 13.2 Å². The van der Waals surface area contributed by atoms with Gasteiger partial charge in [0.2, 0.25) is 0 Å². The molecule has 0 radical (unpaired) electrons. The van der Waals surface area contributed by atoms with Gasteiger partial charge in [0.1, 0.15) is 0 Å². The molecule has 3 rings (SSSR count). The van der Waals surface area contributed by atoms with E-state index in [1.807, 2.05) is 18.2 Å². The monoisotopic (exact) mass is 257 g/mol. The van der Waals surface area contributed by atoms with Gasteiger partial charge in [-0.15, -0.1) is 0 Å². The fourth-order valence-electron chi connectivity index (χ4n) is 3.01. The number of aliphatic hydroxyl groups is 1. The Bertz CT molecular complexity index is 496. The zero-order valence-corrected chi connectivity index (χ0v) is 11.0. The van der Waals surface area contributed by atoms with E-state index in [4.69, 9.17) is 4.74 Å². The number of benzene rings is 1.